The molecule has 0 saturated heterocycles. The Labute approximate surface area is 132 Å². The maximum Gasteiger partial charge on any atom is 0.410 e. The molecule has 4 nitrogen and oxygen atoms in total. The molecule has 1 atom stereocenters. The molecule has 1 unspecified atom stereocenters. The fraction of sp³-hybridized carbons (Fsp3) is 0.688. The molecular formula is C16H28N2O2S. The summed E-state index contributed by atoms with van der Waals surface area (Å²) in [5, 5.41) is 3.46. The van der Waals surface area contributed by atoms with Crippen LogP contribution in [0, 0.1) is 13.8 Å². The second kappa shape index (κ2) is 7.27. The third kappa shape index (κ3) is 6.06. The minimum atomic E-state index is -0.447. The Morgan fingerprint density at radius 1 is 1.43 bits per heavy atom. The van der Waals surface area contributed by atoms with Crippen LogP contribution < -0.4 is 5.32 Å². The van der Waals surface area contributed by atoms with Gasteiger partial charge >= 0.3 is 6.09 Å². The molecule has 120 valence electrons. The van der Waals surface area contributed by atoms with Crippen molar-refractivity contribution in [2.45, 2.75) is 53.2 Å². The first kappa shape index (κ1) is 18.0. The molecule has 1 aromatic rings. The minimum Gasteiger partial charge on any atom is -0.444 e. The fourth-order valence-corrected chi connectivity index (χ4v) is 3.09. The molecule has 0 fully saturated rings. The number of ether oxygens (including phenoxy) is 1. The molecule has 1 amide bonds. The normalized spacial score (nSPS) is 13.1. The predicted octanol–water partition coefficient (Wildman–Crippen LogP) is 3.88. The van der Waals surface area contributed by atoms with Gasteiger partial charge in [-0.1, -0.05) is 0 Å². The third-order valence-electron chi connectivity index (χ3n) is 3.15. The van der Waals surface area contributed by atoms with E-state index in [0.717, 1.165) is 6.54 Å². The van der Waals surface area contributed by atoms with Crippen LogP contribution in [0.3, 0.4) is 0 Å². The van der Waals surface area contributed by atoms with Gasteiger partial charge in [0.05, 0.1) is 0 Å². The van der Waals surface area contributed by atoms with Crippen LogP contribution in [0.4, 0.5) is 4.79 Å². The van der Waals surface area contributed by atoms with Crippen molar-refractivity contribution in [1.82, 2.24) is 10.2 Å². The molecule has 1 heterocycles. The lowest BCUT2D eigenvalue weighted by Gasteiger charge is -2.25. The number of aryl methyl sites for hydroxylation is 2. The SMILES string of the molecule is Cc1cc(C(C)NCCN(C)C(=O)OC(C)(C)C)c(C)s1. The number of nitrogens with zero attached hydrogens (tertiary/aromatic N) is 1. The monoisotopic (exact) mass is 312 g/mol. The molecule has 0 aliphatic carbocycles. The van der Waals surface area contributed by atoms with Gasteiger partial charge in [0.2, 0.25) is 0 Å². The maximum atomic E-state index is 11.8. The van der Waals surface area contributed by atoms with Gasteiger partial charge < -0.3 is 15.0 Å². The molecule has 0 radical (unpaired) electrons. The van der Waals surface area contributed by atoms with E-state index in [2.05, 4.69) is 32.2 Å². The molecule has 0 aliphatic heterocycles. The van der Waals surface area contributed by atoms with Crippen molar-refractivity contribution in [2.75, 3.05) is 20.1 Å². The first-order valence-electron chi connectivity index (χ1n) is 7.34. The molecule has 0 saturated carbocycles. The van der Waals surface area contributed by atoms with Crippen LogP contribution in [0.25, 0.3) is 0 Å². The molecule has 1 aromatic heterocycles. The highest BCUT2D eigenvalue weighted by molar-refractivity contribution is 7.12. The van der Waals surface area contributed by atoms with E-state index in [4.69, 9.17) is 4.74 Å². The van der Waals surface area contributed by atoms with Crippen LogP contribution in [-0.2, 0) is 4.74 Å². The van der Waals surface area contributed by atoms with Gasteiger partial charge in [-0.15, -0.1) is 11.3 Å². The van der Waals surface area contributed by atoms with Gasteiger partial charge in [-0.2, -0.15) is 0 Å². The lowest BCUT2D eigenvalue weighted by Crippen LogP contribution is -2.38. The van der Waals surface area contributed by atoms with E-state index in [1.54, 1.807) is 11.9 Å². The van der Waals surface area contributed by atoms with Crippen molar-refractivity contribution < 1.29 is 9.53 Å². The summed E-state index contributed by atoms with van der Waals surface area (Å²) in [7, 11) is 1.76. The first-order chi connectivity index (χ1) is 9.60. The molecule has 0 bridgehead atoms. The average molecular weight is 312 g/mol. The molecule has 5 heteroatoms. The summed E-state index contributed by atoms with van der Waals surface area (Å²) in [5.41, 5.74) is 0.898. The van der Waals surface area contributed by atoms with E-state index in [1.165, 1.54) is 15.3 Å². The summed E-state index contributed by atoms with van der Waals surface area (Å²) in [5.74, 6) is 0. The smallest absolute Gasteiger partial charge is 0.410 e. The number of carbonyl (C=O) groups is 1. The van der Waals surface area contributed by atoms with E-state index in [0.29, 0.717) is 12.6 Å². The molecule has 0 spiro atoms. The summed E-state index contributed by atoms with van der Waals surface area (Å²) in [6, 6.07) is 2.52. The highest BCUT2D eigenvalue weighted by Crippen LogP contribution is 2.25. The zero-order valence-corrected chi connectivity index (χ0v) is 15.1. The molecular weight excluding hydrogens is 284 g/mol. The van der Waals surface area contributed by atoms with Crippen LogP contribution in [-0.4, -0.2) is 36.7 Å². The standard InChI is InChI=1S/C16H28N2O2S/c1-11-10-14(13(3)21-11)12(2)17-8-9-18(7)15(19)20-16(4,5)6/h10,12,17H,8-9H2,1-7H3. The quantitative estimate of drug-likeness (QED) is 0.897. The Bertz CT molecular complexity index is 477. The van der Waals surface area contributed by atoms with Crippen molar-refractivity contribution in [3.05, 3.63) is 21.4 Å². The zero-order valence-electron chi connectivity index (χ0n) is 14.2. The zero-order chi connectivity index (χ0) is 16.2. The van der Waals surface area contributed by atoms with E-state index in [9.17, 15) is 4.79 Å². The van der Waals surface area contributed by atoms with Crippen LogP contribution in [0.5, 0.6) is 0 Å². The van der Waals surface area contributed by atoms with E-state index < -0.39 is 5.60 Å². The number of nitrogens with one attached hydrogen (secondary N) is 1. The molecule has 21 heavy (non-hydrogen) atoms. The largest absolute Gasteiger partial charge is 0.444 e. The average Bonchev–Trinajstić information content (AvgIpc) is 2.66. The van der Waals surface area contributed by atoms with Crippen molar-refractivity contribution in [2.24, 2.45) is 0 Å². The Morgan fingerprint density at radius 3 is 2.52 bits per heavy atom. The summed E-state index contributed by atoms with van der Waals surface area (Å²) in [4.78, 5) is 16.1. The van der Waals surface area contributed by atoms with Gasteiger partial charge in [0.25, 0.3) is 0 Å². The van der Waals surface area contributed by atoms with Crippen molar-refractivity contribution in [3.8, 4) is 0 Å². The Morgan fingerprint density at radius 2 is 2.05 bits per heavy atom. The van der Waals surface area contributed by atoms with Crippen molar-refractivity contribution in [3.63, 3.8) is 0 Å². The van der Waals surface area contributed by atoms with Gasteiger partial charge in [-0.05, 0) is 53.2 Å². The van der Waals surface area contributed by atoms with Crippen LogP contribution in [0.2, 0.25) is 0 Å². The predicted molar refractivity (Wildman–Crippen MR) is 89.1 cm³/mol. The summed E-state index contributed by atoms with van der Waals surface area (Å²) in [6.45, 7) is 13.4. The molecule has 1 N–H and O–H groups in total. The summed E-state index contributed by atoms with van der Waals surface area (Å²) >= 11 is 1.82. The van der Waals surface area contributed by atoms with E-state index in [-0.39, 0.29) is 6.09 Å². The first-order valence-corrected chi connectivity index (χ1v) is 8.16. The van der Waals surface area contributed by atoms with Gasteiger partial charge in [0.15, 0.2) is 0 Å². The number of hydrogen-bond acceptors (Lipinski definition) is 4. The molecule has 0 aromatic carbocycles. The summed E-state index contributed by atoms with van der Waals surface area (Å²) in [6.07, 6.45) is -0.278. The summed E-state index contributed by atoms with van der Waals surface area (Å²) < 4.78 is 5.32. The third-order valence-corrected chi connectivity index (χ3v) is 4.13. The molecule has 0 aliphatic rings. The number of thiophene rings is 1. The fourth-order valence-electron chi connectivity index (χ4n) is 2.07. The number of rotatable bonds is 5. The topological polar surface area (TPSA) is 41.6 Å². The Balaban J connectivity index is 2.39. The van der Waals surface area contributed by atoms with Gasteiger partial charge in [-0.25, -0.2) is 4.79 Å². The number of carbonyl (C=O) groups excluding carboxylic acids is 1. The molecule has 1 rings (SSSR count). The van der Waals surface area contributed by atoms with Crippen molar-refractivity contribution in [1.29, 1.82) is 0 Å². The Hall–Kier alpha value is -1.07. The maximum absolute atomic E-state index is 11.8. The second-order valence-corrected chi connectivity index (χ2v) is 7.91. The van der Waals surface area contributed by atoms with E-state index in [1.807, 2.05) is 32.1 Å². The van der Waals surface area contributed by atoms with Gasteiger partial charge in [0, 0.05) is 35.9 Å². The van der Waals surface area contributed by atoms with Crippen LogP contribution >= 0.6 is 11.3 Å². The van der Waals surface area contributed by atoms with Crippen molar-refractivity contribution >= 4 is 17.4 Å². The highest BCUT2D eigenvalue weighted by atomic mass is 32.1. The van der Waals surface area contributed by atoms with Crippen LogP contribution in [0.15, 0.2) is 6.07 Å². The lowest BCUT2D eigenvalue weighted by molar-refractivity contribution is 0.0299. The van der Waals surface area contributed by atoms with Gasteiger partial charge in [0.1, 0.15) is 5.60 Å². The minimum absolute atomic E-state index is 0.278. The highest BCUT2D eigenvalue weighted by Gasteiger charge is 2.19. The second-order valence-electron chi connectivity index (χ2n) is 6.45. The number of hydrogen-bond donors (Lipinski definition) is 1. The lowest BCUT2D eigenvalue weighted by atomic mass is 10.1. The van der Waals surface area contributed by atoms with Crippen LogP contribution in [0.1, 0.15) is 49.1 Å². The number of amides is 1. The number of likely N-dealkylation sites (N-methyl/N-ethyl adjacent to an activating group) is 1. The Kier molecular flexibility index (Phi) is 6.23. The van der Waals surface area contributed by atoms with E-state index >= 15 is 0 Å². The van der Waals surface area contributed by atoms with Gasteiger partial charge in [-0.3, -0.25) is 0 Å².